The predicted molar refractivity (Wildman–Crippen MR) is 90.6 cm³/mol. The van der Waals surface area contributed by atoms with E-state index in [4.69, 9.17) is 5.14 Å². The van der Waals surface area contributed by atoms with Gasteiger partial charge >= 0.3 is 0 Å². The van der Waals surface area contributed by atoms with E-state index in [-0.39, 0.29) is 17.3 Å². The SMILES string of the molecule is Cc1ccc[n+](CC(=O)NCCc2ccc(S(N)(=O)=O)cc2)c1C. The lowest BCUT2D eigenvalue weighted by atomic mass is 10.1. The summed E-state index contributed by atoms with van der Waals surface area (Å²) in [5.74, 6) is -0.0603. The third-order valence-electron chi connectivity index (χ3n) is 3.92. The van der Waals surface area contributed by atoms with Gasteiger partial charge in [-0.2, -0.15) is 4.57 Å². The molecule has 1 heterocycles. The number of nitrogens with one attached hydrogen (secondary N) is 1. The zero-order valence-corrected chi connectivity index (χ0v) is 14.6. The Morgan fingerprint density at radius 1 is 1.17 bits per heavy atom. The number of aromatic nitrogens is 1. The maximum absolute atomic E-state index is 12.0. The highest BCUT2D eigenvalue weighted by molar-refractivity contribution is 7.89. The van der Waals surface area contributed by atoms with Crippen molar-refractivity contribution in [3.05, 3.63) is 59.4 Å². The van der Waals surface area contributed by atoms with E-state index in [1.165, 1.54) is 12.1 Å². The van der Waals surface area contributed by atoms with E-state index in [1.54, 1.807) is 12.1 Å². The van der Waals surface area contributed by atoms with Gasteiger partial charge in [-0.05, 0) is 37.1 Å². The smallest absolute Gasteiger partial charge is 0.286 e. The van der Waals surface area contributed by atoms with Crippen LogP contribution in [0.25, 0.3) is 0 Å². The van der Waals surface area contributed by atoms with Gasteiger partial charge < -0.3 is 5.32 Å². The Morgan fingerprint density at radius 3 is 2.46 bits per heavy atom. The van der Waals surface area contributed by atoms with E-state index in [9.17, 15) is 13.2 Å². The molecule has 0 bridgehead atoms. The number of carbonyl (C=O) groups is 1. The molecule has 6 nitrogen and oxygen atoms in total. The summed E-state index contributed by atoms with van der Waals surface area (Å²) in [5, 5.41) is 7.92. The zero-order valence-electron chi connectivity index (χ0n) is 13.8. The van der Waals surface area contributed by atoms with Crippen LogP contribution in [-0.4, -0.2) is 20.9 Å². The Kier molecular flexibility index (Phi) is 5.69. The van der Waals surface area contributed by atoms with Crippen molar-refractivity contribution < 1.29 is 17.8 Å². The fourth-order valence-electron chi connectivity index (χ4n) is 2.32. The average molecular weight is 348 g/mol. The first-order valence-corrected chi connectivity index (χ1v) is 9.16. The van der Waals surface area contributed by atoms with Gasteiger partial charge in [0.05, 0.1) is 4.90 Å². The molecule has 0 aliphatic rings. The molecular formula is C17H22N3O3S+. The number of rotatable bonds is 6. The molecule has 0 radical (unpaired) electrons. The molecule has 2 aromatic rings. The van der Waals surface area contributed by atoms with E-state index in [0.29, 0.717) is 13.0 Å². The van der Waals surface area contributed by atoms with Crippen molar-refractivity contribution >= 4 is 15.9 Å². The van der Waals surface area contributed by atoms with Gasteiger partial charge in [-0.25, -0.2) is 13.6 Å². The van der Waals surface area contributed by atoms with Gasteiger partial charge in [0.15, 0.2) is 11.9 Å². The Balaban J connectivity index is 1.85. The fraction of sp³-hybridized carbons (Fsp3) is 0.294. The fourth-order valence-corrected chi connectivity index (χ4v) is 2.84. The van der Waals surface area contributed by atoms with Crippen LogP contribution in [0.3, 0.4) is 0 Å². The van der Waals surface area contributed by atoms with Crippen LogP contribution in [0.4, 0.5) is 0 Å². The number of nitrogens with zero attached hydrogens (tertiary/aromatic N) is 1. The lowest BCUT2D eigenvalue weighted by Crippen LogP contribution is -2.45. The molecule has 0 saturated heterocycles. The van der Waals surface area contributed by atoms with Crippen LogP contribution in [0.5, 0.6) is 0 Å². The normalized spacial score (nSPS) is 11.3. The molecule has 128 valence electrons. The number of hydrogen-bond donors (Lipinski definition) is 2. The second kappa shape index (κ2) is 7.55. The van der Waals surface area contributed by atoms with E-state index < -0.39 is 10.0 Å². The molecule has 24 heavy (non-hydrogen) atoms. The first-order chi connectivity index (χ1) is 11.3. The first kappa shape index (κ1) is 18.1. The van der Waals surface area contributed by atoms with Crippen molar-refractivity contribution in [2.45, 2.75) is 31.7 Å². The molecule has 0 spiro atoms. The third-order valence-corrected chi connectivity index (χ3v) is 4.84. The van der Waals surface area contributed by atoms with Gasteiger partial charge in [-0.1, -0.05) is 12.1 Å². The van der Waals surface area contributed by atoms with Crippen LogP contribution in [0.2, 0.25) is 0 Å². The molecule has 0 saturated carbocycles. The number of aryl methyl sites for hydroxylation is 1. The summed E-state index contributed by atoms with van der Waals surface area (Å²) < 4.78 is 24.3. The zero-order chi connectivity index (χ0) is 17.7. The van der Waals surface area contributed by atoms with Crippen molar-refractivity contribution in [2.24, 2.45) is 5.14 Å². The lowest BCUT2D eigenvalue weighted by molar-refractivity contribution is -0.690. The Bertz CT molecular complexity index is 831. The predicted octanol–water partition coefficient (Wildman–Crippen LogP) is 0.597. The summed E-state index contributed by atoms with van der Waals surface area (Å²) in [6.45, 7) is 4.75. The quantitative estimate of drug-likeness (QED) is 0.749. The first-order valence-electron chi connectivity index (χ1n) is 7.61. The Labute approximate surface area is 142 Å². The molecule has 1 amide bonds. The van der Waals surface area contributed by atoms with Gasteiger partial charge in [0, 0.05) is 25.1 Å². The standard InChI is InChI=1S/C17H21N3O3S/c1-13-4-3-11-20(14(13)2)12-17(21)19-10-9-15-5-7-16(8-6-15)24(18,22)23/h3-8,11H,9-10,12H2,1-2H3,(H2-,18,19,21,22,23)/p+1. The molecule has 0 aliphatic heterocycles. The van der Waals surface area contributed by atoms with Crippen molar-refractivity contribution in [3.8, 4) is 0 Å². The van der Waals surface area contributed by atoms with E-state index in [1.807, 2.05) is 36.7 Å². The number of hydrogen-bond acceptors (Lipinski definition) is 3. The second-order valence-corrected chi connectivity index (χ2v) is 7.25. The van der Waals surface area contributed by atoms with Crippen LogP contribution in [0, 0.1) is 13.8 Å². The van der Waals surface area contributed by atoms with E-state index in [2.05, 4.69) is 5.32 Å². The number of sulfonamides is 1. The summed E-state index contributed by atoms with van der Waals surface area (Å²) in [6, 6.07) is 10.3. The number of amides is 1. The molecule has 0 unspecified atom stereocenters. The molecule has 7 heteroatoms. The maximum atomic E-state index is 12.0. The molecule has 0 fully saturated rings. The second-order valence-electron chi connectivity index (χ2n) is 5.69. The van der Waals surface area contributed by atoms with Gasteiger partial charge in [0.1, 0.15) is 0 Å². The largest absolute Gasteiger partial charge is 0.350 e. The van der Waals surface area contributed by atoms with Crippen molar-refractivity contribution in [1.29, 1.82) is 0 Å². The molecular weight excluding hydrogens is 326 g/mol. The minimum absolute atomic E-state index is 0.0603. The van der Waals surface area contributed by atoms with Crippen molar-refractivity contribution in [1.82, 2.24) is 5.32 Å². The Morgan fingerprint density at radius 2 is 1.83 bits per heavy atom. The van der Waals surface area contributed by atoms with Crippen LogP contribution >= 0.6 is 0 Å². The summed E-state index contributed by atoms with van der Waals surface area (Å²) in [6.07, 6.45) is 2.50. The number of benzene rings is 1. The number of nitrogens with two attached hydrogens (primary N) is 1. The number of carbonyl (C=O) groups excluding carboxylic acids is 1. The third kappa shape index (κ3) is 4.87. The van der Waals surface area contributed by atoms with Gasteiger partial charge in [-0.15, -0.1) is 0 Å². The summed E-state index contributed by atoms with van der Waals surface area (Å²) >= 11 is 0. The molecule has 1 aromatic carbocycles. The average Bonchev–Trinajstić information content (AvgIpc) is 2.51. The molecule has 0 aliphatic carbocycles. The van der Waals surface area contributed by atoms with Crippen molar-refractivity contribution in [2.75, 3.05) is 6.54 Å². The highest BCUT2D eigenvalue weighted by atomic mass is 32.2. The van der Waals surface area contributed by atoms with E-state index >= 15 is 0 Å². The van der Waals surface area contributed by atoms with Crippen LogP contribution in [0.1, 0.15) is 16.8 Å². The summed E-state index contributed by atoms with van der Waals surface area (Å²) in [7, 11) is -3.67. The van der Waals surface area contributed by atoms with Gasteiger partial charge in [0.2, 0.25) is 16.6 Å². The highest BCUT2D eigenvalue weighted by Crippen LogP contribution is 2.08. The minimum atomic E-state index is -3.67. The molecule has 2 rings (SSSR count). The molecule has 3 N–H and O–H groups in total. The van der Waals surface area contributed by atoms with Crippen molar-refractivity contribution in [3.63, 3.8) is 0 Å². The lowest BCUT2D eigenvalue weighted by Gasteiger charge is -2.06. The number of pyridine rings is 1. The molecule has 1 aromatic heterocycles. The summed E-state index contributed by atoms with van der Waals surface area (Å²) in [5.41, 5.74) is 3.13. The van der Waals surface area contributed by atoms with Crippen LogP contribution in [0.15, 0.2) is 47.5 Å². The van der Waals surface area contributed by atoms with Crippen LogP contribution in [-0.2, 0) is 27.8 Å². The van der Waals surface area contributed by atoms with Gasteiger partial charge in [0.25, 0.3) is 5.91 Å². The Hall–Kier alpha value is -2.25. The van der Waals surface area contributed by atoms with E-state index in [0.717, 1.165) is 16.8 Å². The molecule has 0 atom stereocenters. The minimum Gasteiger partial charge on any atom is -0.350 e. The summed E-state index contributed by atoms with van der Waals surface area (Å²) in [4.78, 5) is 12.1. The topological polar surface area (TPSA) is 93.1 Å². The van der Waals surface area contributed by atoms with Gasteiger partial charge in [-0.3, -0.25) is 4.79 Å². The van der Waals surface area contributed by atoms with Crippen LogP contribution < -0.4 is 15.0 Å². The number of primary sulfonamides is 1. The highest BCUT2D eigenvalue weighted by Gasteiger charge is 2.13. The maximum Gasteiger partial charge on any atom is 0.286 e. The monoisotopic (exact) mass is 348 g/mol.